The Bertz CT molecular complexity index is 1010. The van der Waals surface area contributed by atoms with E-state index in [1.54, 1.807) is 17.0 Å². The number of amides is 2. The summed E-state index contributed by atoms with van der Waals surface area (Å²) in [6.45, 7) is 7.61. The van der Waals surface area contributed by atoms with Crippen LogP contribution < -0.4 is 10.2 Å². The molecule has 2 aromatic rings. The molecule has 2 aromatic carbocycles. The molecule has 0 saturated heterocycles. The predicted molar refractivity (Wildman–Crippen MR) is 106 cm³/mol. The summed E-state index contributed by atoms with van der Waals surface area (Å²) >= 11 is 0. The van der Waals surface area contributed by atoms with Crippen molar-refractivity contribution in [3.8, 4) is 6.07 Å². The zero-order valence-corrected chi connectivity index (χ0v) is 15.8. The highest BCUT2D eigenvalue weighted by Gasteiger charge is 2.37. The second-order valence-electron chi connectivity index (χ2n) is 6.92. The van der Waals surface area contributed by atoms with Crippen LogP contribution in [0.25, 0.3) is 5.57 Å². The monoisotopic (exact) mass is 359 g/mol. The fraction of sp³-hybridized carbons (Fsp3) is 0.227. The summed E-state index contributed by atoms with van der Waals surface area (Å²) in [7, 11) is 0. The summed E-state index contributed by atoms with van der Waals surface area (Å²) in [6.07, 6.45) is 0. The Kier molecular flexibility index (Phi) is 4.83. The Balaban J connectivity index is 2.09. The molecule has 0 fully saturated rings. The summed E-state index contributed by atoms with van der Waals surface area (Å²) in [5, 5.41) is 12.5. The lowest BCUT2D eigenvalue weighted by atomic mass is 10.0. The number of carbonyl (C=O) groups excluding carboxylic acids is 2. The van der Waals surface area contributed by atoms with Gasteiger partial charge in [0.1, 0.15) is 11.6 Å². The smallest absolute Gasteiger partial charge is 0.267 e. The van der Waals surface area contributed by atoms with E-state index in [0.29, 0.717) is 11.3 Å². The highest BCUT2D eigenvalue weighted by molar-refractivity contribution is 6.38. The molecule has 0 aliphatic carbocycles. The Hall–Kier alpha value is -3.39. The minimum Gasteiger partial charge on any atom is -0.321 e. The van der Waals surface area contributed by atoms with Crippen molar-refractivity contribution in [2.24, 2.45) is 0 Å². The Morgan fingerprint density at radius 3 is 2.52 bits per heavy atom. The molecule has 0 saturated carbocycles. The highest BCUT2D eigenvalue weighted by Crippen LogP contribution is 2.39. The van der Waals surface area contributed by atoms with E-state index in [1.165, 1.54) is 0 Å². The third-order valence-electron chi connectivity index (χ3n) is 4.61. The van der Waals surface area contributed by atoms with Crippen LogP contribution in [0.15, 0.2) is 48.0 Å². The van der Waals surface area contributed by atoms with Crippen molar-refractivity contribution in [1.82, 2.24) is 0 Å². The Morgan fingerprint density at radius 2 is 1.85 bits per heavy atom. The van der Waals surface area contributed by atoms with Gasteiger partial charge in [0.2, 0.25) is 0 Å². The van der Waals surface area contributed by atoms with E-state index in [9.17, 15) is 14.9 Å². The van der Waals surface area contributed by atoms with Gasteiger partial charge in [-0.25, -0.2) is 0 Å². The number of hydrogen-bond acceptors (Lipinski definition) is 3. The maximum absolute atomic E-state index is 13.0. The molecule has 1 aliphatic heterocycles. The Morgan fingerprint density at radius 1 is 1.15 bits per heavy atom. The van der Waals surface area contributed by atoms with Crippen LogP contribution in [0.2, 0.25) is 0 Å². The van der Waals surface area contributed by atoms with Crippen molar-refractivity contribution in [2.45, 2.75) is 33.7 Å². The number of aryl methyl sites for hydroxylation is 2. The van der Waals surface area contributed by atoms with Gasteiger partial charge in [0.25, 0.3) is 11.8 Å². The molecular formula is C22H21N3O2. The molecule has 0 radical (unpaired) electrons. The number of anilines is 2. The average Bonchev–Trinajstić information content (AvgIpc) is 2.91. The van der Waals surface area contributed by atoms with Crippen LogP contribution in [0.3, 0.4) is 0 Å². The van der Waals surface area contributed by atoms with Crippen molar-refractivity contribution in [3.05, 3.63) is 64.7 Å². The third kappa shape index (κ3) is 3.22. The molecular weight excluding hydrogens is 338 g/mol. The molecule has 5 heteroatoms. The lowest BCUT2D eigenvalue weighted by Gasteiger charge is -2.21. The standard InChI is InChI=1S/C22H21N3O2/c1-13(2)25-19-8-6-5-7-16(19)20(22(25)27)17(12-23)21(26)24-18-11-14(3)9-10-15(18)4/h5-11,13H,1-4H3,(H,24,26)/b20-17+. The Labute approximate surface area is 158 Å². The second-order valence-corrected chi connectivity index (χ2v) is 6.92. The van der Waals surface area contributed by atoms with Crippen molar-refractivity contribution >= 4 is 28.8 Å². The van der Waals surface area contributed by atoms with Gasteiger partial charge in [-0.05, 0) is 51.0 Å². The van der Waals surface area contributed by atoms with E-state index in [4.69, 9.17) is 0 Å². The highest BCUT2D eigenvalue weighted by atomic mass is 16.2. The minimum absolute atomic E-state index is 0.0850. The molecule has 2 amide bonds. The van der Waals surface area contributed by atoms with Crippen LogP contribution in [0.4, 0.5) is 11.4 Å². The summed E-state index contributed by atoms with van der Waals surface area (Å²) in [5.41, 5.74) is 3.84. The first-order valence-electron chi connectivity index (χ1n) is 8.81. The van der Waals surface area contributed by atoms with Gasteiger partial charge in [0.05, 0.1) is 11.3 Å². The molecule has 1 heterocycles. The fourth-order valence-electron chi connectivity index (χ4n) is 3.27. The lowest BCUT2D eigenvalue weighted by molar-refractivity contribution is -0.115. The molecule has 5 nitrogen and oxygen atoms in total. The number of nitrogens with zero attached hydrogens (tertiary/aromatic N) is 2. The molecule has 1 aliphatic rings. The van der Waals surface area contributed by atoms with E-state index in [-0.39, 0.29) is 23.1 Å². The quantitative estimate of drug-likeness (QED) is 0.665. The van der Waals surface area contributed by atoms with Crippen LogP contribution in [0.5, 0.6) is 0 Å². The number of rotatable bonds is 3. The molecule has 136 valence electrons. The van der Waals surface area contributed by atoms with Crippen molar-refractivity contribution < 1.29 is 9.59 Å². The van der Waals surface area contributed by atoms with Crippen molar-refractivity contribution in [2.75, 3.05) is 10.2 Å². The summed E-state index contributed by atoms with van der Waals surface area (Å²) in [5.74, 6) is -0.895. The normalized spacial score (nSPS) is 14.8. The van der Waals surface area contributed by atoms with Crippen LogP contribution in [-0.2, 0) is 9.59 Å². The summed E-state index contributed by atoms with van der Waals surface area (Å²) in [4.78, 5) is 27.5. The van der Waals surface area contributed by atoms with E-state index in [1.807, 2.05) is 64.1 Å². The molecule has 0 aromatic heterocycles. The largest absolute Gasteiger partial charge is 0.321 e. The van der Waals surface area contributed by atoms with Crippen molar-refractivity contribution in [3.63, 3.8) is 0 Å². The van der Waals surface area contributed by atoms with Gasteiger partial charge in [-0.1, -0.05) is 30.3 Å². The number of nitriles is 1. The minimum atomic E-state index is -0.574. The summed E-state index contributed by atoms with van der Waals surface area (Å²) < 4.78 is 0. The third-order valence-corrected chi connectivity index (χ3v) is 4.61. The molecule has 0 unspecified atom stereocenters. The number of hydrogen-bond donors (Lipinski definition) is 1. The lowest BCUT2D eigenvalue weighted by Crippen LogP contribution is -2.33. The zero-order valence-electron chi connectivity index (χ0n) is 15.8. The molecule has 0 bridgehead atoms. The molecule has 27 heavy (non-hydrogen) atoms. The van der Waals surface area contributed by atoms with Gasteiger partial charge in [0, 0.05) is 17.3 Å². The predicted octanol–water partition coefficient (Wildman–Crippen LogP) is 3.97. The number of nitrogens with one attached hydrogen (secondary N) is 1. The maximum Gasteiger partial charge on any atom is 0.267 e. The van der Waals surface area contributed by atoms with Gasteiger partial charge in [0.15, 0.2) is 0 Å². The SMILES string of the molecule is Cc1ccc(C)c(NC(=O)/C(C#N)=C2/C(=O)N(C(C)C)c3ccccc32)c1. The first kappa shape index (κ1) is 18.4. The van der Waals surface area contributed by atoms with Crippen LogP contribution in [0, 0.1) is 25.2 Å². The van der Waals surface area contributed by atoms with Crippen molar-refractivity contribution in [1.29, 1.82) is 5.26 Å². The van der Waals surface area contributed by atoms with E-state index < -0.39 is 5.91 Å². The van der Waals surface area contributed by atoms with E-state index in [0.717, 1.165) is 16.8 Å². The first-order chi connectivity index (χ1) is 12.8. The van der Waals surface area contributed by atoms with Crippen LogP contribution in [-0.4, -0.2) is 17.9 Å². The maximum atomic E-state index is 13.0. The molecule has 0 spiro atoms. The van der Waals surface area contributed by atoms with Gasteiger partial charge in [-0.15, -0.1) is 0 Å². The molecule has 0 atom stereocenters. The van der Waals surface area contributed by atoms with E-state index >= 15 is 0 Å². The summed E-state index contributed by atoms with van der Waals surface area (Å²) in [6, 6.07) is 14.8. The number of carbonyl (C=O) groups is 2. The zero-order chi connectivity index (χ0) is 19.7. The van der Waals surface area contributed by atoms with Gasteiger partial charge in [-0.2, -0.15) is 5.26 Å². The van der Waals surface area contributed by atoms with E-state index in [2.05, 4.69) is 5.32 Å². The fourth-order valence-corrected chi connectivity index (χ4v) is 3.27. The van der Waals surface area contributed by atoms with Crippen LogP contribution in [0.1, 0.15) is 30.5 Å². The topological polar surface area (TPSA) is 73.2 Å². The van der Waals surface area contributed by atoms with Gasteiger partial charge < -0.3 is 10.2 Å². The number of benzene rings is 2. The number of fused-ring (bicyclic) bond motifs is 1. The first-order valence-corrected chi connectivity index (χ1v) is 8.81. The van der Waals surface area contributed by atoms with Gasteiger partial charge >= 0.3 is 0 Å². The second kappa shape index (κ2) is 7.08. The number of para-hydroxylation sites is 1. The van der Waals surface area contributed by atoms with Gasteiger partial charge in [-0.3, -0.25) is 9.59 Å². The molecule has 3 rings (SSSR count). The average molecular weight is 359 g/mol. The molecule has 1 N–H and O–H groups in total. The van der Waals surface area contributed by atoms with Crippen LogP contribution >= 0.6 is 0 Å².